The van der Waals surface area contributed by atoms with E-state index in [9.17, 15) is 0 Å². The zero-order valence-electron chi connectivity index (χ0n) is 8.82. The number of hydrogen-bond donors (Lipinski definition) is 1. The number of nitrogens with two attached hydrogens (primary N) is 1. The van der Waals surface area contributed by atoms with Gasteiger partial charge in [0.15, 0.2) is 0 Å². The smallest absolute Gasteiger partial charge is 0.116 e. The minimum Gasteiger partial charge on any atom is -0.389 e. The highest BCUT2D eigenvalue weighted by Gasteiger charge is 2.14. The van der Waals surface area contributed by atoms with E-state index in [4.69, 9.17) is 23.2 Å². The van der Waals surface area contributed by atoms with Gasteiger partial charge in [-0.25, -0.2) is 0 Å². The van der Waals surface area contributed by atoms with Crippen molar-refractivity contribution in [1.29, 1.82) is 5.26 Å². The number of hydrogen-bond acceptors (Lipinski definition) is 4. The lowest BCUT2D eigenvalue weighted by molar-refractivity contribution is 0.371. The standard InChI is InChI=1S/C10H15N3S2/c1-8(9(7-11)10(12)14)13-3-2-5-15-6-4-13/h2-6H2,1H3,(H2,12,14)/b9-8-. The molecule has 1 rings (SSSR count). The Morgan fingerprint density at radius 1 is 1.47 bits per heavy atom. The van der Waals surface area contributed by atoms with E-state index in [0.29, 0.717) is 5.57 Å². The Morgan fingerprint density at radius 3 is 2.80 bits per heavy atom. The summed E-state index contributed by atoms with van der Waals surface area (Å²) in [6, 6.07) is 2.08. The average Bonchev–Trinajstić information content (AvgIpc) is 2.45. The molecule has 82 valence electrons. The summed E-state index contributed by atoms with van der Waals surface area (Å²) in [7, 11) is 0. The van der Waals surface area contributed by atoms with Crippen LogP contribution in [0.4, 0.5) is 0 Å². The van der Waals surface area contributed by atoms with Crippen LogP contribution in [-0.4, -0.2) is 34.5 Å². The molecule has 0 atom stereocenters. The van der Waals surface area contributed by atoms with Gasteiger partial charge in [-0.1, -0.05) is 12.2 Å². The Morgan fingerprint density at radius 2 is 2.20 bits per heavy atom. The lowest BCUT2D eigenvalue weighted by atomic mass is 10.2. The average molecular weight is 241 g/mol. The van der Waals surface area contributed by atoms with Crippen molar-refractivity contribution < 1.29 is 0 Å². The molecule has 0 aromatic heterocycles. The lowest BCUT2D eigenvalue weighted by Gasteiger charge is -2.23. The molecule has 15 heavy (non-hydrogen) atoms. The van der Waals surface area contributed by atoms with Crippen molar-refractivity contribution >= 4 is 29.0 Å². The predicted octanol–water partition coefficient (Wildman–Crippen LogP) is 1.51. The van der Waals surface area contributed by atoms with Crippen LogP contribution in [0.1, 0.15) is 13.3 Å². The van der Waals surface area contributed by atoms with E-state index >= 15 is 0 Å². The minimum atomic E-state index is 0.201. The van der Waals surface area contributed by atoms with Gasteiger partial charge >= 0.3 is 0 Å². The Hall–Kier alpha value is -0.730. The molecule has 1 saturated heterocycles. The second kappa shape index (κ2) is 5.99. The third kappa shape index (κ3) is 3.40. The monoisotopic (exact) mass is 241 g/mol. The van der Waals surface area contributed by atoms with Crippen LogP contribution in [0.5, 0.6) is 0 Å². The maximum atomic E-state index is 8.96. The SMILES string of the molecule is C/C(=C(\C#N)C(N)=S)N1CCCSCC1. The van der Waals surface area contributed by atoms with Gasteiger partial charge in [0.1, 0.15) is 16.6 Å². The Balaban J connectivity index is 2.84. The van der Waals surface area contributed by atoms with E-state index < -0.39 is 0 Å². The Labute approximate surface area is 100 Å². The molecule has 0 aliphatic carbocycles. The number of rotatable bonds is 2. The molecule has 3 nitrogen and oxygen atoms in total. The molecule has 1 aliphatic heterocycles. The molecule has 0 spiro atoms. The van der Waals surface area contributed by atoms with E-state index in [1.807, 2.05) is 18.7 Å². The second-order valence-electron chi connectivity index (χ2n) is 3.39. The van der Waals surface area contributed by atoms with Gasteiger partial charge in [-0.15, -0.1) is 0 Å². The van der Waals surface area contributed by atoms with Gasteiger partial charge in [0.05, 0.1) is 0 Å². The fourth-order valence-electron chi connectivity index (χ4n) is 1.55. The topological polar surface area (TPSA) is 53.1 Å². The van der Waals surface area contributed by atoms with Crippen LogP contribution >= 0.6 is 24.0 Å². The molecule has 0 unspecified atom stereocenters. The van der Waals surface area contributed by atoms with Gasteiger partial charge in [-0.05, 0) is 19.1 Å². The van der Waals surface area contributed by atoms with Crippen molar-refractivity contribution in [2.24, 2.45) is 5.73 Å². The van der Waals surface area contributed by atoms with E-state index in [-0.39, 0.29) is 4.99 Å². The maximum Gasteiger partial charge on any atom is 0.116 e. The molecule has 0 radical (unpaired) electrons. The van der Waals surface area contributed by atoms with Gasteiger partial charge in [-0.2, -0.15) is 17.0 Å². The summed E-state index contributed by atoms with van der Waals surface area (Å²) < 4.78 is 0. The molecule has 0 aromatic rings. The first-order chi connectivity index (χ1) is 7.16. The molecule has 1 heterocycles. The summed E-state index contributed by atoms with van der Waals surface area (Å²) in [4.78, 5) is 2.41. The number of thiocarbonyl (C=S) groups is 1. The third-order valence-electron chi connectivity index (χ3n) is 2.42. The van der Waals surface area contributed by atoms with E-state index in [2.05, 4.69) is 11.0 Å². The van der Waals surface area contributed by atoms with Crippen LogP contribution in [0, 0.1) is 11.3 Å². The van der Waals surface area contributed by atoms with Crippen molar-refractivity contribution in [2.45, 2.75) is 13.3 Å². The van der Waals surface area contributed by atoms with Crippen molar-refractivity contribution in [1.82, 2.24) is 4.90 Å². The highest BCUT2D eigenvalue weighted by molar-refractivity contribution is 7.99. The maximum absolute atomic E-state index is 8.96. The number of allylic oxidation sites excluding steroid dienone is 1. The minimum absolute atomic E-state index is 0.201. The van der Waals surface area contributed by atoms with Gasteiger partial charge in [0, 0.05) is 24.5 Å². The number of nitriles is 1. The summed E-state index contributed by atoms with van der Waals surface area (Å²) in [5.41, 5.74) is 6.89. The third-order valence-corrected chi connectivity index (χ3v) is 3.67. The fourth-order valence-corrected chi connectivity index (χ4v) is 2.63. The first-order valence-corrected chi connectivity index (χ1v) is 6.46. The Kier molecular flexibility index (Phi) is 4.92. The molecule has 5 heteroatoms. The highest BCUT2D eigenvalue weighted by atomic mass is 32.2. The summed E-state index contributed by atoms with van der Waals surface area (Å²) in [5.74, 6) is 2.30. The van der Waals surface area contributed by atoms with Crippen LogP contribution in [-0.2, 0) is 0 Å². The van der Waals surface area contributed by atoms with Crippen LogP contribution in [0.15, 0.2) is 11.3 Å². The summed E-state index contributed by atoms with van der Waals surface area (Å²) >= 11 is 6.81. The number of thioether (sulfide) groups is 1. The van der Waals surface area contributed by atoms with Crippen molar-refractivity contribution in [3.8, 4) is 6.07 Å². The lowest BCUT2D eigenvalue weighted by Crippen LogP contribution is -2.27. The van der Waals surface area contributed by atoms with Crippen LogP contribution in [0.25, 0.3) is 0 Å². The quantitative estimate of drug-likeness (QED) is 0.451. The largest absolute Gasteiger partial charge is 0.389 e. The molecule has 1 fully saturated rings. The van der Waals surface area contributed by atoms with Gasteiger partial charge in [0.2, 0.25) is 0 Å². The molecule has 1 aliphatic rings. The number of nitrogens with zero attached hydrogens (tertiary/aromatic N) is 2. The normalized spacial score (nSPS) is 18.8. The van der Waals surface area contributed by atoms with Crippen molar-refractivity contribution in [2.75, 3.05) is 24.6 Å². The second-order valence-corrected chi connectivity index (χ2v) is 5.05. The molecule has 0 bridgehead atoms. The molecular weight excluding hydrogens is 226 g/mol. The van der Waals surface area contributed by atoms with Crippen molar-refractivity contribution in [3.05, 3.63) is 11.3 Å². The molecule has 0 aromatic carbocycles. The summed E-state index contributed by atoms with van der Waals surface area (Å²) in [5, 5.41) is 8.96. The van der Waals surface area contributed by atoms with Gasteiger partial charge in [0.25, 0.3) is 0 Å². The van der Waals surface area contributed by atoms with E-state index in [1.54, 1.807) is 0 Å². The highest BCUT2D eigenvalue weighted by Crippen LogP contribution is 2.16. The molecular formula is C10H15N3S2. The van der Waals surface area contributed by atoms with Crippen molar-refractivity contribution in [3.63, 3.8) is 0 Å². The van der Waals surface area contributed by atoms with E-state index in [0.717, 1.165) is 31.0 Å². The zero-order valence-corrected chi connectivity index (χ0v) is 10.5. The fraction of sp³-hybridized carbons (Fsp3) is 0.600. The first-order valence-electron chi connectivity index (χ1n) is 4.90. The zero-order chi connectivity index (χ0) is 11.3. The van der Waals surface area contributed by atoms with Crippen LogP contribution in [0.2, 0.25) is 0 Å². The van der Waals surface area contributed by atoms with Crippen LogP contribution in [0.3, 0.4) is 0 Å². The molecule has 0 saturated carbocycles. The predicted molar refractivity (Wildman–Crippen MR) is 68.6 cm³/mol. The first kappa shape index (κ1) is 12.3. The van der Waals surface area contributed by atoms with Gasteiger partial charge in [-0.3, -0.25) is 0 Å². The van der Waals surface area contributed by atoms with E-state index in [1.165, 1.54) is 5.75 Å². The summed E-state index contributed by atoms with van der Waals surface area (Å²) in [6.07, 6.45) is 1.15. The molecule has 0 amide bonds. The molecule has 2 N–H and O–H groups in total. The van der Waals surface area contributed by atoms with Gasteiger partial charge < -0.3 is 10.6 Å². The van der Waals surface area contributed by atoms with Crippen LogP contribution < -0.4 is 5.73 Å². The Bertz CT molecular complexity index is 309. The summed E-state index contributed by atoms with van der Waals surface area (Å²) in [6.45, 7) is 3.89.